The van der Waals surface area contributed by atoms with Crippen LogP contribution in [-0.4, -0.2) is 10.8 Å². The first kappa shape index (κ1) is 10.9. The summed E-state index contributed by atoms with van der Waals surface area (Å²) in [5.74, 6) is -2.40. The number of aryl methyl sites for hydroxylation is 1. The van der Waals surface area contributed by atoms with E-state index in [-0.39, 0.29) is 11.3 Å². The Morgan fingerprint density at radius 2 is 2.06 bits per heavy atom. The van der Waals surface area contributed by atoms with Gasteiger partial charge < -0.3 is 0 Å². The summed E-state index contributed by atoms with van der Waals surface area (Å²) in [7, 11) is 0. The number of halogens is 2. The Morgan fingerprint density at radius 3 is 2.62 bits per heavy atom. The van der Waals surface area contributed by atoms with E-state index in [9.17, 15) is 13.6 Å². The largest absolute Gasteiger partial charge is 0.287 e. The van der Waals surface area contributed by atoms with Crippen LogP contribution in [-0.2, 0) is 0 Å². The average molecular weight is 239 g/mol. The minimum atomic E-state index is -1.03. The summed E-state index contributed by atoms with van der Waals surface area (Å²) in [6, 6.07) is 3.06. The molecule has 1 aromatic carbocycles. The van der Waals surface area contributed by atoms with Gasteiger partial charge in [0.15, 0.2) is 11.6 Å². The number of hydrogen-bond donors (Lipinski definition) is 0. The van der Waals surface area contributed by atoms with Crippen LogP contribution in [0.1, 0.15) is 21.1 Å². The second-order valence-electron chi connectivity index (χ2n) is 3.21. The van der Waals surface area contributed by atoms with Gasteiger partial charge in [0, 0.05) is 10.9 Å². The van der Waals surface area contributed by atoms with Crippen molar-refractivity contribution in [2.75, 3.05) is 0 Å². The summed E-state index contributed by atoms with van der Waals surface area (Å²) in [6.45, 7) is 1.77. The molecule has 0 amide bonds. The van der Waals surface area contributed by atoms with Gasteiger partial charge in [-0.25, -0.2) is 13.8 Å². The van der Waals surface area contributed by atoms with E-state index >= 15 is 0 Å². The average Bonchev–Trinajstić information content (AvgIpc) is 2.68. The van der Waals surface area contributed by atoms with Crippen LogP contribution in [0.4, 0.5) is 8.78 Å². The smallest absolute Gasteiger partial charge is 0.212 e. The summed E-state index contributed by atoms with van der Waals surface area (Å²) >= 11 is 1.33. The molecule has 0 unspecified atom stereocenters. The first-order valence-corrected chi connectivity index (χ1v) is 5.38. The van der Waals surface area contributed by atoms with Crippen LogP contribution in [0, 0.1) is 18.6 Å². The standard InChI is InChI=1S/C11H7F2NOS/c1-6-14-10(5-16-6)11(15)7-2-3-8(12)9(13)4-7/h2-5H,1H3. The minimum Gasteiger partial charge on any atom is -0.287 e. The Kier molecular flexibility index (Phi) is 2.78. The molecular weight excluding hydrogens is 232 g/mol. The second kappa shape index (κ2) is 4.09. The maximum atomic E-state index is 12.9. The van der Waals surface area contributed by atoms with E-state index in [1.54, 1.807) is 12.3 Å². The van der Waals surface area contributed by atoms with Crippen molar-refractivity contribution >= 4 is 17.1 Å². The first-order valence-electron chi connectivity index (χ1n) is 4.50. The predicted octanol–water partition coefficient (Wildman–Crippen LogP) is 2.96. The van der Waals surface area contributed by atoms with Crippen molar-refractivity contribution in [3.05, 3.63) is 51.5 Å². The molecule has 1 heterocycles. The zero-order chi connectivity index (χ0) is 11.7. The molecule has 2 rings (SSSR count). The fourth-order valence-electron chi connectivity index (χ4n) is 1.25. The Morgan fingerprint density at radius 1 is 1.31 bits per heavy atom. The minimum absolute atomic E-state index is 0.101. The van der Waals surface area contributed by atoms with E-state index in [2.05, 4.69) is 4.98 Å². The third-order valence-electron chi connectivity index (χ3n) is 2.03. The highest BCUT2D eigenvalue weighted by Gasteiger charge is 2.14. The van der Waals surface area contributed by atoms with Crippen LogP contribution < -0.4 is 0 Å². The Bertz CT molecular complexity index is 551. The predicted molar refractivity (Wildman–Crippen MR) is 56.6 cm³/mol. The van der Waals surface area contributed by atoms with Gasteiger partial charge in [-0.2, -0.15) is 0 Å². The van der Waals surface area contributed by atoms with Crippen molar-refractivity contribution in [2.45, 2.75) is 6.92 Å². The lowest BCUT2D eigenvalue weighted by molar-refractivity contribution is 0.103. The van der Waals surface area contributed by atoms with Crippen molar-refractivity contribution < 1.29 is 13.6 Å². The zero-order valence-electron chi connectivity index (χ0n) is 8.33. The number of thiazole rings is 1. The normalized spacial score (nSPS) is 10.4. The maximum Gasteiger partial charge on any atom is 0.212 e. The van der Waals surface area contributed by atoms with Gasteiger partial charge in [0.05, 0.1) is 5.01 Å². The molecule has 82 valence electrons. The summed E-state index contributed by atoms with van der Waals surface area (Å²) < 4.78 is 25.6. The molecule has 0 aliphatic heterocycles. The molecule has 16 heavy (non-hydrogen) atoms. The van der Waals surface area contributed by atoms with Gasteiger partial charge in [-0.3, -0.25) is 4.79 Å². The number of carbonyl (C=O) groups is 1. The van der Waals surface area contributed by atoms with Gasteiger partial charge in [-0.1, -0.05) is 0 Å². The van der Waals surface area contributed by atoms with E-state index in [0.717, 1.165) is 17.1 Å². The molecule has 0 bridgehead atoms. The van der Waals surface area contributed by atoms with Crippen molar-refractivity contribution in [2.24, 2.45) is 0 Å². The first-order chi connectivity index (χ1) is 7.58. The van der Waals surface area contributed by atoms with Crippen LogP contribution in [0.2, 0.25) is 0 Å². The third-order valence-corrected chi connectivity index (χ3v) is 2.81. The molecule has 0 spiro atoms. The van der Waals surface area contributed by atoms with Gasteiger partial charge in [0.25, 0.3) is 0 Å². The number of rotatable bonds is 2. The Balaban J connectivity index is 2.38. The summed E-state index contributed by atoms with van der Waals surface area (Å²) in [6.07, 6.45) is 0. The summed E-state index contributed by atoms with van der Waals surface area (Å²) in [5.41, 5.74) is 0.359. The fraction of sp³-hybridized carbons (Fsp3) is 0.0909. The molecular formula is C11H7F2NOS. The van der Waals surface area contributed by atoms with Crippen LogP contribution in [0.15, 0.2) is 23.6 Å². The van der Waals surface area contributed by atoms with Crippen molar-refractivity contribution in [1.29, 1.82) is 0 Å². The molecule has 0 saturated heterocycles. The quantitative estimate of drug-likeness (QED) is 0.754. The molecule has 0 N–H and O–H groups in total. The zero-order valence-corrected chi connectivity index (χ0v) is 9.15. The molecule has 0 atom stereocenters. The number of carbonyl (C=O) groups excluding carboxylic acids is 1. The van der Waals surface area contributed by atoms with Crippen molar-refractivity contribution in [1.82, 2.24) is 4.98 Å². The van der Waals surface area contributed by atoms with Gasteiger partial charge in [-0.15, -0.1) is 11.3 Å². The van der Waals surface area contributed by atoms with Gasteiger partial charge in [0.1, 0.15) is 5.69 Å². The van der Waals surface area contributed by atoms with E-state index in [4.69, 9.17) is 0 Å². The number of nitrogens with zero attached hydrogens (tertiary/aromatic N) is 1. The monoisotopic (exact) mass is 239 g/mol. The highest BCUT2D eigenvalue weighted by Crippen LogP contribution is 2.15. The molecule has 5 heteroatoms. The fourth-order valence-corrected chi connectivity index (χ4v) is 1.85. The van der Waals surface area contributed by atoms with Gasteiger partial charge >= 0.3 is 0 Å². The SMILES string of the molecule is Cc1nc(C(=O)c2ccc(F)c(F)c2)cs1. The van der Waals surface area contributed by atoms with Crippen LogP contribution in [0.5, 0.6) is 0 Å². The van der Waals surface area contributed by atoms with Gasteiger partial charge in [-0.05, 0) is 25.1 Å². The summed E-state index contributed by atoms with van der Waals surface area (Å²) in [4.78, 5) is 15.8. The third kappa shape index (κ3) is 1.99. The molecule has 0 aliphatic rings. The highest BCUT2D eigenvalue weighted by molar-refractivity contribution is 7.09. The number of ketones is 1. The Hall–Kier alpha value is -1.62. The van der Waals surface area contributed by atoms with E-state index in [0.29, 0.717) is 0 Å². The maximum absolute atomic E-state index is 12.9. The summed E-state index contributed by atoms with van der Waals surface area (Å²) in [5, 5.41) is 2.35. The van der Waals surface area contributed by atoms with Crippen LogP contribution >= 0.6 is 11.3 Å². The highest BCUT2D eigenvalue weighted by atomic mass is 32.1. The van der Waals surface area contributed by atoms with E-state index < -0.39 is 17.4 Å². The van der Waals surface area contributed by atoms with E-state index in [1.165, 1.54) is 17.4 Å². The molecule has 1 aromatic heterocycles. The van der Waals surface area contributed by atoms with Crippen LogP contribution in [0.25, 0.3) is 0 Å². The lowest BCUT2D eigenvalue weighted by Gasteiger charge is -1.98. The number of hydrogen-bond acceptors (Lipinski definition) is 3. The number of aromatic nitrogens is 1. The van der Waals surface area contributed by atoms with Crippen molar-refractivity contribution in [3.63, 3.8) is 0 Å². The second-order valence-corrected chi connectivity index (χ2v) is 4.27. The molecule has 2 nitrogen and oxygen atoms in total. The lowest BCUT2D eigenvalue weighted by atomic mass is 10.1. The molecule has 0 saturated carbocycles. The van der Waals surface area contributed by atoms with Crippen molar-refractivity contribution in [3.8, 4) is 0 Å². The Labute approximate surface area is 94.6 Å². The molecule has 0 fully saturated rings. The lowest BCUT2D eigenvalue weighted by Crippen LogP contribution is -2.03. The number of benzene rings is 1. The van der Waals surface area contributed by atoms with E-state index in [1.807, 2.05) is 0 Å². The molecule has 0 radical (unpaired) electrons. The topological polar surface area (TPSA) is 30.0 Å². The van der Waals surface area contributed by atoms with Crippen LogP contribution in [0.3, 0.4) is 0 Å². The van der Waals surface area contributed by atoms with Gasteiger partial charge in [0.2, 0.25) is 5.78 Å². The molecule has 2 aromatic rings. The molecule has 0 aliphatic carbocycles.